The summed E-state index contributed by atoms with van der Waals surface area (Å²) in [5.41, 5.74) is 8.21. The number of Topliss-reactive ketones (excluding diaryl/α,β-unsaturated/α-hetero) is 1. The number of piperidine rings is 1. The molecule has 1 aliphatic carbocycles. The van der Waals surface area contributed by atoms with Gasteiger partial charge in [0.1, 0.15) is 0 Å². The predicted molar refractivity (Wildman–Crippen MR) is 114 cm³/mol. The Kier molecular flexibility index (Phi) is 6.69. The van der Waals surface area contributed by atoms with Crippen LogP contribution in [0.25, 0.3) is 6.08 Å². The molecule has 1 aliphatic heterocycles. The van der Waals surface area contributed by atoms with E-state index in [9.17, 15) is 9.59 Å². The average Bonchev–Trinajstić information content (AvgIpc) is 2.68. The lowest BCUT2D eigenvalue weighted by Crippen LogP contribution is -2.44. The van der Waals surface area contributed by atoms with Crippen LogP contribution in [0.3, 0.4) is 0 Å². The largest absolute Gasteiger partial charge is 0.351 e. The molecular weight excluding hydrogens is 390 g/mol. The van der Waals surface area contributed by atoms with Crippen molar-refractivity contribution >= 4 is 35.4 Å². The fourth-order valence-electron chi connectivity index (χ4n) is 3.52. The summed E-state index contributed by atoms with van der Waals surface area (Å²) in [6.07, 6.45) is 10.8. The first-order valence-electron chi connectivity index (χ1n) is 9.79. The van der Waals surface area contributed by atoms with E-state index in [0.717, 1.165) is 42.5 Å². The molecule has 0 saturated carbocycles. The van der Waals surface area contributed by atoms with Crippen LogP contribution in [0, 0.1) is 6.92 Å². The molecule has 1 fully saturated rings. The van der Waals surface area contributed by atoms with Crippen LogP contribution >= 0.6 is 11.6 Å². The molecule has 2 amide bonds. The van der Waals surface area contributed by atoms with Gasteiger partial charge in [0.15, 0.2) is 5.78 Å². The van der Waals surface area contributed by atoms with Crippen LogP contribution in [0.1, 0.15) is 43.9 Å². The van der Waals surface area contributed by atoms with Crippen LogP contribution in [0.5, 0.6) is 0 Å². The van der Waals surface area contributed by atoms with E-state index in [0.29, 0.717) is 29.6 Å². The Labute approximate surface area is 175 Å². The van der Waals surface area contributed by atoms with Gasteiger partial charge in [0.25, 0.3) is 0 Å². The van der Waals surface area contributed by atoms with E-state index in [1.54, 1.807) is 17.2 Å². The first-order chi connectivity index (χ1) is 13.8. The molecule has 0 spiro atoms. The van der Waals surface area contributed by atoms with Crippen LogP contribution < -0.4 is 11.1 Å². The number of carbonyl (C=O) groups is 2. The van der Waals surface area contributed by atoms with Crippen LogP contribution in [-0.4, -0.2) is 45.8 Å². The number of carbonyl (C=O) groups excluding carboxylic acids is 2. The van der Waals surface area contributed by atoms with Crippen molar-refractivity contribution in [1.29, 1.82) is 0 Å². The molecule has 0 radical (unpaired) electrons. The van der Waals surface area contributed by atoms with E-state index in [2.05, 4.69) is 15.3 Å². The number of hydrogen-bond donors (Lipinski definition) is 2. The van der Waals surface area contributed by atoms with Crippen LogP contribution in [0.2, 0.25) is 0 Å². The number of hydrogen-bond acceptors (Lipinski definition) is 5. The molecule has 2 heterocycles. The Hall–Kier alpha value is -2.67. The molecule has 0 unspecified atom stereocenters. The molecule has 154 valence electrons. The van der Waals surface area contributed by atoms with Gasteiger partial charge in [0, 0.05) is 41.5 Å². The minimum absolute atomic E-state index is 0.0486. The highest BCUT2D eigenvalue weighted by molar-refractivity contribution is 6.33. The van der Waals surface area contributed by atoms with Crippen molar-refractivity contribution < 1.29 is 9.59 Å². The third-order valence-electron chi connectivity index (χ3n) is 5.22. The van der Waals surface area contributed by atoms with Crippen LogP contribution in [0.15, 0.2) is 34.5 Å². The van der Waals surface area contributed by atoms with E-state index < -0.39 is 0 Å². The smallest absolute Gasteiger partial charge is 0.314 e. The molecule has 0 aromatic carbocycles. The summed E-state index contributed by atoms with van der Waals surface area (Å²) in [6, 6.07) is -0.188. The molecule has 0 atom stereocenters. The maximum absolute atomic E-state index is 12.2. The summed E-state index contributed by atoms with van der Waals surface area (Å²) in [5.74, 6) is 0.490. The molecule has 1 saturated heterocycles. The number of allylic oxidation sites excluding steroid dienone is 5. The predicted octanol–water partition coefficient (Wildman–Crippen LogP) is 3.56. The van der Waals surface area contributed by atoms with Crippen molar-refractivity contribution in [3.63, 3.8) is 0 Å². The van der Waals surface area contributed by atoms with E-state index in [1.807, 2.05) is 19.1 Å². The highest BCUT2D eigenvalue weighted by Gasteiger charge is 2.22. The Bertz CT molecular complexity index is 898. The van der Waals surface area contributed by atoms with Crippen molar-refractivity contribution in [2.75, 3.05) is 18.4 Å². The van der Waals surface area contributed by atoms with Gasteiger partial charge in [-0.15, -0.1) is 0 Å². The maximum atomic E-state index is 12.2. The summed E-state index contributed by atoms with van der Waals surface area (Å²) in [6.45, 7) is 4.67. The van der Waals surface area contributed by atoms with E-state index >= 15 is 0 Å². The SMILES string of the molecule is CC(=O)/C(=C\c1cnc(NC2CCN(C(N)=O)CC2)nc1C)C1=CCCC=C1Cl. The molecule has 8 heteroatoms. The molecule has 2 aliphatic rings. The first kappa shape index (κ1) is 21.0. The number of aryl methyl sites for hydroxylation is 1. The van der Waals surface area contributed by atoms with Crippen LogP contribution in [0.4, 0.5) is 10.7 Å². The number of aromatic nitrogens is 2. The third-order valence-corrected chi connectivity index (χ3v) is 5.58. The summed E-state index contributed by atoms with van der Waals surface area (Å²) in [7, 11) is 0. The Morgan fingerprint density at radius 1 is 1.28 bits per heavy atom. The standard InChI is InChI=1S/C21H26ClN5O2/c1-13-15(11-18(14(2)28)17-5-3-4-6-19(17)22)12-24-21(25-13)26-16-7-9-27(10-8-16)20(23)29/h5-6,11-12,16H,3-4,7-10H2,1-2H3,(H2,23,29)(H,24,25,26)/b18-11+. The van der Waals surface area contributed by atoms with Gasteiger partial charge in [0.2, 0.25) is 5.95 Å². The second-order valence-corrected chi connectivity index (χ2v) is 7.75. The minimum atomic E-state index is -0.379. The summed E-state index contributed by atoms with van der Waals surface area (Å²) < 4.78 is 0. The second kappa shape index (κ2) is 9.22. The number of urea groups is 1. The zero-order valence-corrected chi connectivity index (χ0v) is 17.5. The highest BCUT2D eigenvalue weighted by Crippen LogP contribution is 2.30. The van der Waals surface area contributed by atoms with E-state index in [-0.39, 0.29) is 17.9 Å². The monoisotopic (exact) mass is 415 g/mol. The van der Waals surface area contributed by atoms with E-state index in [1.165, 1.54) is 6.92 Å². The third kappa shape index (κ3) is 5.23. The van der Waals surface area contributed by atoms with Gasteiger partial charge in [-0.3, -0.25) is 4.79 Å². The minimum Gasteiger partial charge on any atom is -0.351 e. The number of anilines is 1. The quantitative estimate of drug-likeness (QED) is 0.716. The van der Waals surface area contributed by atoms with Gasteiger partial charge < -0.3 is 16.0 Å². The van der Waals surface area contributed by atoms with Crippen molar-refractivity contribution in [3.8, 4) is 0 Å². The number of likely N-dealkylation sites (tertiary alicyclic amines) is 1. The van der Waals surface area contributed by atoms with Crippen LogP contribution in [-0.2, 0) is 4.79 Å². The van der Waals surface area contributed by atoms with Crippen molar-refractivity contribution in [2.45, 2.75) is 45.6 Å². The Balaban J connectivity index is 1.74. The normalized spacial score (nSPS) is 18.2. The molecule has 3 rings (SSSR count). The highest BCUT2D eigenvalue weighted by atomic mass is 35.5. The van der Waals surface area contributed by atoms with Gasteiger partial charge in [-0.1, -0.05) is 23.8 Å². The molecule has 7 nitrogen and oxygen atoms in total. The molecule has 1 aromatic rings. The fourth-order valence-corrected chi connectivity index (χ4v) is 3.81. The second-order valence-electron chi connectivity index (χ2n) is 7.34. The van der Waals surface area contributed by atoms with Crippen molar-refractivity contribution in [1.82, 2.24) is 14.9 Å². The summed E-state index contributed by atoms with van der Waals surface area (Å²) in [5, 5.41) is 3.93. The Morgan fingerprint density at radius 3 is 2.55 bits per heavy atom. The van der Waals surface area contributed by atoms with Gasteiger partial charge in [0.05, 0.1) is 5.69 Å². The number of rotatable bonds is 5. The number of halogens is 1. The zero-order chi connectivity index (χ0) is 21.0. The molecule has 3 N–H and O–H groups in total. The zero-order valence-electron chi connectivity index (χ0n) is 16.7. The van der Waals surface area contributed by atoms with Gasteiger partial charge in [-0.2, -0.15) is 0 Å². The maximum Gasteiger partial charge on any atom is 0.314 e. The molecule has 29 heavy (non-hydrogen) atoms. The lowest BCUT2D eigenvalue weighted by molar-refractivity contribution is -0.113. The summed E-state index contributed by atoms with van der Waals surface area (Å²) >= 11 is 6.32. The molecule has 0 bridgehead atoms. The van der Waals surface area contributed by atoms with Gasteiger partial charge in [-0.05, 0) is 51.2 Å². The molecule has 1 aromatic heterocycles. The van der Waals surface area contributed by atoms with Gasteiger partial charge >= 0.3 is 6.03 Å². The molecular formula is C21H26ClN5O2. The Morgan fingerprint density at radius 2 is 1.97 bits per heavy atom. The van der Waals surface area contributed by atoms with Crippen molar-refractivity contribution in [2.24, 2.45) is 5.73 Å². The number of nitrogens with zero attached hydrogens (tertiary/aromatic N) is 3. The first-order valence-corrected chi connectivity index (χ1v) is 10.2. The number of primary amides is 1. The van der Waals surface area contributed by atoms with Gasteiger partial charge in [-0.25, -0.2) is 14.8 Å². The number of amides is 2. The number of nitrogens with two attached hydrogens (primary N) is 1. The van der Waals surface area contributed by atoms with E-state index in [4.69, 9.17) is 17.3 Å². The topological polar surface area (TPSA) is 101 Å². The summed E-state index contributed by atoms with van der Waals surface area (Å²) in [4.78, 5) is 34.1. The number of ketones is 1. The fraction of sp³-hybridized carbons (Fsp3) is 0.429. The van der Waals surface area contributed by atoms with Crippen molar-refractivity contribution in [3.05, 3.63) is 45.8 Å². The lowest BCUT2D eigenvalue weighted by Gasteiger charge is -2.31. The lowest BCUT2D eigenvalue weighted by atomic mass is 9.95. The number of nitrogens with one attached hydrogen (secondary N) is 1. The average molecular weight is 416 g/mol.